The lowest BCUT2D eigenvalue weighted by atomic mass is 9.47. The van der Waals surface area contributed by atoms with Crippen LogP contribution < -0.4 is 0 Å². The van der Waals surface area contributed by atoms with Crippen molar-refractivity contribution in [2.45, 2.75) is 226 Å². The van der Waals surface area contributed by atoms with Crippen LogP contribution in [0.25, 0.3) is 0 Å². The molecule has 12 aliphatic carbocycles. The summed E-state index contributed by atoms with van der Waals surface area (Å²) in [5.41, 5.74) is 6.48. The molecule has 0 N–H and O–H groups in total. The first-order valence-electron chi connectivity index (χ1n) is 33.8. The molecule has 91 heavy (non-hydrogen) atoms. The number of allylic oxidation sites excluding steroid dienone is 16. The number of fused-ring (bicyclic) bond motifs is 18. The molecule has 16 rings (SSSR count). The zero-order chi connectivity index (χ0) is 63.9. The molecule has 8 fully saturated rings. The second-order valence-electron chi connectivity index (χ2n) is 31.4. The molecular weight excluding hydrogens is 1490 g/mol. The fraction of sp³-hybridized carbons (Fsp3) is 0.632. The minimum Gasteiger partial charge on any atom is -0.466 e. The molecule has 5 saturated carbocycles. The van der Waals surface area contributed by atoms with E-state index in [9.17, 15) is 38.4 Å². The van der Waals surface area contributed by atoms with Crippen molar-refractivity contribution in [3.63, 3.8) is 0 Å². The highest BCUT2D eigenvalue weighted by Gasteiger charge is 2.70. The summed E-state index contributed by atoms with van der Waals surface area (Å²) in [5.74, 6) is 4.34. The van der Waals surface area contributed by atoms with Crippen molar-refractivity contribution in [1.82, 2.24) is 0 Å². The van der Waals surface area contributed by atoms with E-state index in [0.29, 0.717) is 68.6 Å². The lowest BCUT2D eigenvalue weighted by Crippen LogP contribution is -2.53. The van der Waals surface area contributed by atoms with Gasteiger partial charge in [-0.2, -0.15) is 0 Å². The number of halogens is 3. The quantitative estimate of drug-likeness (QED) is 0.0917. The molecule has 3 aliphatic heterocycles. The van der Waals surface area contributed by atoms with Crippen LogP contribution in [0.4, 0.5) is 0 Å². The summed E-state index contributed by atoms with van der Waals surface area (Å²) in [4.78, 5) is 97.6. The van der Waals surface area contributed by atoms with Gasteiger partial charge in [0.05, 0.1) is 0 Å². The van der Waals surface area contributed by atoms with Crippen LogP contribution in [-0.4, -0.2) is 63.6 Å². The summed E-state index contributed by atoms with van der Waals surface area (Å²) in [5, 5.41) is 0. The van der Waals surface area contributed by atoms with Crippen LogP contribution in [-0.2, 0) is 52.6 Å². The third-order valence-electron chi connectivity index (χ3n) is 27.7. The number of carbonyl (C=O) groups excluding carboxylic acids is 8. The van der Waals surface area contributed by atoms with E-state index in [4.69, 9.17) is 18.6 Å². The molecule has 488 valence electrons. The first kappa shape index (κ1) is 67.1. The maximum atomic E-state index is 13.4. The third-order valence-corrected chi connectivity index (χ3v) is 27.7. The topological polar surface area (TPSA) is 177 Å². The van der Waals surface area contributed by atoms with Gasteiger partial charge in [-0.3, -0.25) is 38.4 Å². The van der Waals surface area contributed by atoms with E-state index in [1.54, 1.807) is 6.08 Å². The van der Waals surface area contributed by atoms with Crippen molar-refractivity contribution < 1.29 is 57.0 Å². The van der Waals surface area contributed by atoms with Gasteiger partial charge in [0.2, 0.25) is 0 Å². The number of furan rings is 1. The van der Waals surface area contributed by atoms with Crippen molar-refractivity contribution in [2.75, 3.05) is 0 Å². The van der Waals surface area contributed by atoms with Gasteiger partial charge in [-0.15, -0.1) is 24.0 Å². The molecule has 17 atom stereocenters. The summed E-state index contributed by atoms with van der Waals surface area (Å²) >= 11 is 4.24. The number of ether oxygens (including phenoxy) is 3. The minimum atomic E-state index is -0.431. The molecule has 15 aliphatic rings. The number of rotatable bonds is 4. The second-order valence-corrected chi connectivity index (χ2v) is 31.4. The van der Waals surface area contributed by atoms with Gasteiger partial charge in [-0.1, -0.05) is 99.8 Å². The smallest absolute Gasteiger partial charge is 0.306 e. The van der Waals surface area contributed by atoms with Gasteiger partial charge in [0.1, 0.15) is 28.3 Å². The van der Waals surface area contributed by atoms with Gasteiger partial charge < -0.3 is 18.6 Å². The van der Waals surface area contributed by atoms with Gasteiger partial charge in [0, 0.05) is 126 Å². The molecule has 0 bridgehead atoms. The lowest BCUT2D eigenvalue weighted by molar-refractivity contribution is -0.161. The highest BCUT2D eigenvalue weighted by molar-refractivity contribution is 15.0. The zero-order valence-corrected chi connectivity index (χ0v) is 61.0. The summed E-state index contributed by atoms with van der Waals surface area (Å²) in [6, 6.07) is 4.20. The third kappa shape index (κ3) is 10.3. The van der Waals surface area contributed by atoms with E-state index in [1.807, 2.05) is 19.1 Å². The SMILES string of the molecule is CC(=O)/C=C/C(=O)[C@@H]1CC2=CC(=O)CC[C@]2(C)C2=CC[C@@]3(C)[C@@H](CC[C@@]34CCC(=O)O4)[C@@H]21.C[C@]12CCC(=O)C=C1C=CC1C2=CC[C@@]2(C)C1CC[C@@]21CCC(=O)O1.Cc1ccc([C@@H]2CC3=CC(=O)CC[C@]3(C)C3=CC[C@@]4(C)[C@@H](CC[C@@]45CCC(=O)O5)[C@@H]32)o1.I.II. The molecule has 12 nitrogen and oxygen atoms in total. The molecule has 3 saturated heterocycles. The molecule has 1 aromatic heterocycles. The Morgan fingerprint density at radius 2 is 0.978 bits per heavy atom. The molecule has 15 heteroatoms. The van der Waals surface area contributed by atoms with Gasteiger partial charge >= 0.3 is 17.9 Å². The molecule has 3 spiro atoms. The van der Waals surface area contributed by atoms with Gasteiger partial charge in [-0.25, -0.2) is 0 Å². The average molecular weight is 1580 g/mol. The predicted molar refractivity (Wildman–Crippen MR) is 373 cm³/mol. The Labute approximate surface area is 577 Å². The summed E-state index contributed by atoms with van der Waals surface area (Å²) in [6.07, 6.45) is 38.9. The van der Waals surface area contributed by atoms with Crippen LogP contribution in [0.15, 0.2) is 111 Å². The maximum absolute atomic E-state index is 13.4. The van der Waals surface area contributed by atoms with Crippen LogP contribution in [0.1, 0.15) is 214 Å². The van der Waals surface area contributed by atoms with E-state index >= 15 is 0 Å². The molecule has 2 unspecified atom stereocenters. The van der Waals surface area contributed by atoms with Gasteiger partial charge in [-0.05, 0) is 201 Å². The van der Waals surface area contributed by atoms with Crippen LogP contribution in [0.2, 0.25) is 0 Å². The van der Waals surface area contributed by atoms with Gasteiger partial charge in [0.25, 0.3) is 0 Å². The number of hydrogen-bond donors (Lipinski definition) is 0. The highest BCUT2D eigenvalue weighted by Crippen LogP contribution is 2.73. The van der Waals surface area contributed by atoms with Crippen molar-refractivity contribution in [2.24, 2.45) is 73.9 Å². The summed E-state index contributed by atoms with van der Waals surface area (Å²) in [6.45, 7) is 17.3. The Hall–Kier alpha value is -3.85. The Balaban J connectivity index is 0.000000130. The average Bonchev–Trinajstić information content (AvgIpc) is 1.64. The molecule has 0 amide bonds. The van der Waals surface area contributed by atoms with Crippen molar-refractivity contribution in [3.8, 4) is 0 Å². The summed E-state index contributed by atoms with van der Waals surface area (Å²) < 4.78 is 24.3. The molecule has 4 heterocycles. The zero-order valence-electron chi connectivity index (χ0n) is 54.4. The largest absolute Gasteiger partial charge is 0.466 e. The van der Waals surface area contributed by atoms with Crippen LogP contribution >= 0.6 is 61.2 Å². The fourth-order valence-electron chi connectivity index (χ4n) is 22.5. The van der Waals surface area contributed by atoms with Crippen molar-refractivity contribution in [3.05, 3.63) is 118 Å². The van der Waals surface area contributed by atoms with Crippen molar-refractivity contribution in [1.29, 1.82) is 0 Å². The van der Waals surface area contributed by atoms with Gasteiger partial charge in [0.15, 0.2) is 28.9 Å². The minimum absolute atomic E-state index is 0. The Morgan fingerprint density at radius 3 is 1.46 bits per heavy atom. The van der Waals surface area contributed by atoms with Crippen LogP contribution in [0.3, 0.4) is 0 Å². The maximum Gasteiger partial charge on any atom is 0.306 e. The van der Waals surface area contributed by atoms with Crippen molar-refractivity contribution >= 4 is 108 Å². The Bertz CT molecular complexity index is 3570. The lowest BCUT2D eigenvalue weighted by Gasteiger charge is -2.56. The first-order chi connectivity index (χ1) is 42.7. The molecule has 0 aromatic carbocycles. The molecule has 0 radical (unpaired) electrons. The highest BCUT2D eigenvalue weighted by atomic mass is 128. The Morgan fingerprint density at radius 1 is 0.527 bits per heavy atom. The molecule has 1 aromatic rings. The van der Waals surface area contributed by atoms with Crippen LogP contribution in [0, 0.1) is 80.8 Å². The Kier molecular flexibility index (Phi) is 17.7. The van der Waals surface area contributed by atoms with E-state index < -0.39 is 5.60 Å². The first-order valence-corrected chi connectivity index (χ1v) is 40.1. The van der Waals surface area contributed by atoms with Crippen LogP contribution in [0.5, 0.6) is 0 Å². The number of carbonyl (C=O) groups is 8. The van der Waals surface area contributed by atoms with E-state index in [0.717, 1.165) is 120 Å². The van der Waals surface area contributed by atoms with E-state index in [2.05, 4.69) is 121 Å². The number of hydrogen-bond acceptors (Lipinski definition) is 12. The monoisotopic (exact) mass is 1580 g/mol. The summed E-state index contributed by atoms with van der Waals surface area (Å²) in [7, 11) is 0. The fourth-order valence-corrected chi connectivity index (χ4v) is 22.5. The van der Waals surface area contributed by atoms with E-state index in [1.165, 1.54) is 46.9 Å². The number of aryl methyl sites for hydroxylation is 1. The number of ketones is 5. The second kappa shape index (κ2) is 24.1. The molecular formula is C76H91I3O12. The number of esters is 3. The standard InChI is InChI=1S/C27H32O5.C27H32O4.C22H26O3.I2.HI/c1-16(28)4-5-22(30)19-15-17-14-18(29)6-10-25(17,2)20-7-11-26(3)21(24(19)20)8-12-27(26)13-9-23(31)32-27;1-16-4-5-22(30-16)19-15-17-14-18(28)6-10-25(17,2)20-7-11-26(3)21(24(19)20)8-12-27(26)13-9-23(29)31-27;1-20-9-5-15(23)13-14(20)3-4-16-17(20)6-10-21(2)18(16)7-11-22(21)12-8-19(24)25-22;1-2;/h4-5,7,14,19,21,24H,6,8-13,15H2,1-3H3;4-5,7,14,19,21,24H,6,8-13,15H2,1-3H3;3-4,6,13,16,18H,5,7-12H2,1-2H3;;1H/b5-4+;;;;/t2*19-,21-,24+,25-,26-,27+;16?,18?,20-,21-,22+;;/m000../s1. The predicted octanol–water partition coefficient (Wildman–Crippen LogP) is 16.9. The normalized spacial score (nSPS) is 43.1. The van der Waals surface area contributed by atoms with E-state index in [-0.39, 0.29) is 138 Å².